The number of ketones is 1. The summed E-state index contributed by atoms with van der Waals surface area (Å²) in [6.45, 7) is 0.550. The normalized spacial score (nSPS) is 16.5. The standard InChI is InChI=1S/C41H46N2O8/c1-50-36-20-25(5-12-32(36)45)6-13-33(46)39(34(47)14-7-26-19-35(48)40(49)37(21-26)51-2)41(16-3-4-17-41)29-15-18-42-38(24-29)43-30-10-8-28-23-31(44)11-9-27(28)22-30/h5,8-12,15,19-24,33,39,42-46,48-49H,3-4,6-7,13-14,16-18H2,1-2H3. The number of allylic oxidation sites excluding steroid dienone is 2. The number of Topliss-reactive ketones (excluding diaryl/α,β-unsaturated/α-hetero) is 1. The lowest BCUT2D eigenvalue weighted by molar-refractivity contribution is -0.131. The summed E-state index contributed by atoms with van der Waals surface area (Å²) < 4.78 is 10.5. The maximum Gasteiger partial charge on any atom is 0.200 e. The van der Waals surface area contributed by atoms with Crippen LogP contribution in [0.25, 0.3) is 10.8 Å². The van der Waals surface area contributed by atoms with Gasteiger partial charge in [-0.1, -0.05) is 37.1 Å². The molecule has 4 aromatic carbocycles. The predicted octanol–water partition coefficient (Wildman–Crippen LogP) is 6.83. The van der Waals surface area contributed by atoms with Gasteiger partial charge < -0.3 is 45.6 Å². The number of fused-ring (bicyclic) bond motifs is 1. The minimum atomic E-state index is -0.962. The molecular weight excluding hydrogens is 648 g/mol. The van der Waals surface area contributed by atoms with Crippen LogP contribution in [0.1, 0.15) is 49.7 Å². The number of phenols is 4. The van der Waals surface area contributed by atoms with Gasteiger partial charge in [0.1, 0.15) is 17.4 Å². The van der Waals surface area contributed by atoms with Gasteiger partial charge in [-0.2, -0.15) is 0 Å². The summed E-state index contributed by atoms with van der Waals surface area (Å²) in [5.41, 5.74) is 2.80. The molecule has 0 aromatic heterocycles. The summed E-state index contributed by atoms with van der Waals surface area (Å²) in [4.78, 5) is 14.5. The summed E-state index contributed by atoms with van der Waals surface area (Å²) in [7, 11) is 2.89. The SMILES string of the molecule is COc1cc(CCC(O)C(C(=O)CCc2cc(O)c(O)c(OC)c2)C2(C3=CCNC(Nc4ccc5cc(O)ccc5c4)=C3)CCCC2)ccc1O. The van der Waals surface area contributed by atoms with E-state index in [2.05, 4.69) is 22.8 Å². The lowest BCUT2D eigenvalue weighted by Gasteiger charge is -2.42. The van der Waals surface area contributed by atoms with Gasteiger partial charge in [-0.25, -0.2) is 0 Å². The Labute approximate surface area is 297 Å². The lowest BCUT2D eigenvalue weighted by atomic mass is 9.63. The minimum absolute atomic E-state index is 0.0358. The third kappa shape index (κ3) is 7.71. The fourth-order valence-electron chi connectivity index (χ4n) is 7.84. The number of aliphatic hydroxyl groups is 1. The molecule has 51 heavy (non-hydrogen) atoms. The molecule has 1 saturated carbocycles. The molecule has 1 fully saturated rings. The van der Waals surface area contributed by atoms with Crippen LogP contribution in [0.3, 0.4) is 0 Å². The van der Waals surface area contributed by atoms with Crippen LogP contribution in [0.15, 0.2) is 90.3 Å². The molecule has 0 saturated heterocycles. The second kappa shape index (κ2) is 15.3. The average Bonchev–Trinajstić information content (AvgIpc) is 3.62. The molecule has 0 radical (unpaired) electrons. The van der Waals surface area contributed by atoms with Gasteiger partial charge in [0.05, 0.1) is 26.2 Å². The van der Waals surface area contributed by atoms with Crippen molar-refractivity contribution >= 4 is 22.2 Å². The number of nitrogens with one attached hydrogen (secondary N) is 2. The van der Waals surface area contributed by atoms with Crippen molar-refractivity contribution in [3.05, 3.63) is 101 Å². The van der Waals surface area contributed by atoms with Crippen LogP contribution in [-0.4, -0.2) is 58.2 Å². The highest BCUT2D eigenvalue weighted by atomic mass is 16.5. The van der Waals surface area contributed by atoms with Crippen LogP contribution in [0.5, 0.6) is 34.5 Å². The molecule has 4 aromatic rings. The Hall–Kier alpha value is -5.35. The van der Waals surface area contributed by atoms with Crippen LogP contribution < -0.4 is 20.1 Å². The first kappa shape index (κ1) is 35.5. The van der Waals surface area contributed by atoms with E-state index in [1.165, 1.54) is 20.3 Å². The topological polar surface area (TPSA) is 161 Å². The fourth-order valence-corrected chi connectivity index (χ4v) is 7.84. The molecule has 2 unspecified atom stereocenters. The van der Waals surface area contributed by atoms with Crippen LogP contribution in [0.4, 0.5) is 5.69 Å². The molecule has 0 bridgehead atoms. The van der Waals surface area contributed by atoms with E-state index in [0.29, 0.717) is 37.1 Å². The smallest absolute Gasteiger partial charge is 0.200 e. The number of hydrogen-bond donors (Lipinski definition) is 7. The van der Waals surface area contributed by atoms with E-state index < -0.39 is 17.4 Å². The maximum absolute atomic E-state index is 14.5. The second-order valence-electron chi connectivity index (χ2n) is 13.6. The molecule has 1 aliphatic heterocycles. The molecule has 1 heterocycles. The van der Waals surface area contributed by atoms with Gasteiger partial charge in [-0.05, 0) is 114 Å². The maximum atomic E-state index is 14.5. The van der Waals surface area contributed by atoms with E-state index in [1.54, 1.807) is 36.4 Å². The number of aliphatic hydroxyl groups excluding tert-OH is 1. The summed E-state index contributed by atoms with van der Waals surface area (Å²) in [5, 5.41) is 61.3. The number of aromatic hydroxyl groups is 4. The molecule has 7 N–H and O–H groups in total. The number of benzene rings is 4. The summed E-state index contributed by atoms with van der Waals surface area (Å²) in [5.74, 6) is 0.0688. The second-order valence-corrected chi connectivity index (χ2v) is 13.6. The molecule has 0 amide bonds. The number of aryl methyl sites for hydroxylation is 2. The highest BCUT2D eigenvalue weighted by molar-refractivity contribution is 5.87. The van der Waals surface area contributed by atoms with Crippen LogP contribution in [-0.2, 0) is 17.6 Å². The van der Waals surface area contributed by atoms with Gasteiger partial charge in [-0.3, -0.25) is 4.79 Å². The quantitative estimate of drug-likeness (QED) is 0.0697. The molecule has 6 rings (SSSR count). The van der Waals surface area contributed by atoms with Gasteiger partial charge in [0.25, 0.3) is 0 Å². The molecule has 10 heteroatoms. The van der Waals surface area contributed by atoms with Gasteiger partial charge in [0.2, 0.25) is 5.75 Å². The summed E-state index contributed by atoms with van der Waals surface area (Å²) >= 11 is 0. The van der Waals surface area contributed by atoms with Crippen molar-refractivity contribution in [1.29, 1.82) is 0 Å². The van der Waals surface area contributed by atoms with Crippen LogP contribution >= 0.6 is 0 Å². The van der Waals surface area contributed by atoms with Crippen LogP contribution in [0.2, 0.25) is 0 Å². The third-order valence-electron chi connectivity index (χ3n) is 10.4. The number of ether oxygens (including phenoxy) is 2. The van der Waals surface area contributed by atoms with Gasteiger partial charge in [0.15, 0.2) is 23.0 Å². The monoisotopic (exact) mass is 694 g/mol. The highest BCUT2D eigenvalue weighted by Crippen LogP contribution is 2.53. The van der Waals surface area contributed by atoms with Gasteiger partial charge in [-0.15, -0.1) is 0 Å². The number of methoxy groups -OCH3 is 2. The van der Waals surface area contributed by atoms with E-state index in [1.807, 2.05) is 24.3 Å². The Balaban J connectivity index is 1.30. The number of carbonyl (C=O) groups is 1. The number of phenolic OH excluding ortho intramolecular Hbond substituents is 4. The zero-order valence-electron chi connectivity index (χ0n) is 29.0. The first-order valence-corrected chi connectivity index (χ1v) is 17.4. The summed E-state index contributed by atoms with van der Waals surface area (Å²) in [6.07, 6.45) is 7.79. The van der Waals surface area contributed by atoms with Crippen molar-refractivity contribution in [2.24, 2.45) is 11.3 Å². The zero-order valence-corrected chi connectivity index (χ0v) is 29.0. The molecule has 2 atom stereocenters. The third-order valence-corrected chi connectivity index (χ3v) is 10.4. The van der Waals surface area contributed by atoms with E-state index >= 15 is 0 Å². The Morgan fingerprint density at radius 3 is 2.33 bits per heavy atom. The van der Waals surface area contributed by atoms with Crippen molar-refractivity contribution < 1.29 is 39.8 Å². The van der Waals surface area contributed by atoms with Crippen molar-refractivity contribution in [2.45, 2.75) is 57.5 Å². The Kier molecular flexibility index (Phi) is 10.6. The largest absolute Gasteiger partial charge is 0.508 e. The Morgan fingerprint density at radius 1 is 0.843 bits per heavy atom. The summed E-state index contributed by atoms with van der Waals surface area (Å²) in [6, 6.07) is 19.4. The van der Waals surface area contributed by atoms with E-state index in [0.717, 1.165) is 59.1 Å². The lowest BCUT2D eigenvalue weighted by Crippen LogP contribution is -2.44. The number of rotatable bonds is 14. The Morgan fingerprint density at radius 2 is 1.57 bits per heavy atom. The molecular formula is C41H46N2O8. The van der Waals surface area contributed by atoms with Crippen molar-refractivity contribution in [2.75, 3.05) is 26.1 Å². The van der Waals surface area contributed by atoms with E-state index in [-0.39, 0.29) is 41.0 Å². The molecule has 2 aliphatic rings. The predicted molar refractivity (Wildman–Crippen MR) is 196 cm³/mol. The van der Waals surface area contributed by atoms with Crippen molar-refractivity contribution in [3.63, 3.8) is 0 Å². The van der Waals surface area contributed by atoms with Gasteiger partial charge in [0, 0.05) is 24.1 Å². The minimum Gasteiger partial charge on any atom is -0.508 e. The fraction of sp³-hybridized carbons (Fsp3) is 0.341. The van der Waals surface area contributed by atoms with E-state index in [9.17, 15) is 30.3 Å². The Bertz CT molecular complexity index is 1960. The zero-order chi connectivity index (χ0) is 36.1. The highest BCUT2D eigenvalue weighted by Gasteiger charge is 2.49. The molecule has 268 valence electrons. The first-order chi connectivity index (χ1) is 24.6. The number of carbonyl (C=O) groups excluding carboxylic acids is 1. The number of hydrogen-bond acceptors (Lipinski definition) is 10. The van der Waals surface area contributed by atoms with Crippen LogP contribution in [0, 0.1) is 11.3 Å². The van der Waals surface area contributed by atoms with Crippen molar-refractivity contribution in [3.8, 4) is 34.5 Å². The van der Waals surface area contributed by atoms with Gasteiger partial charge >= 0.3 is 0 Å². The first-order valence-electron chi connectivity index (χ1n) is 17.4. The number of anilines is 1. The molecule has 1 aliphatic carbocycles. The van der Waals surface area contributed by atoms with Crippen molar-refractivity contribution in [1.82, 2.24) is 5.32 Å². The molecule has 0 spiro atoms. The number of dihydropyridines is 1. The van der Waals surface area contributed by atoms with E-state index in [4.69, 9.17) is 9.47 Å². The molecule has 10 nitrogen and oxygen atoms in total. The average molecular weight is 695 g/mol.